The first-order valence-corrected chi connectivity index (χ1v) is 4.85. The number of carbonyl (C=O) groups is 1. The molecule has 0 aliphatic heterocycles. The van der Waals surface area contributed by atoms with E-state index in [1.54, 1.807) is 0 Å². The Labute approximate surface area is 103 Å². The van der Waals surface area contributed by atoms with Crippen LogP contribution in [0.4, 0.5) is 22.0 Å². The lowest BCUT2D eigenvalue weighted by Crippen LogP contribution is -2.20. The maximum Gasteiger partial charge on any atom is 0.418 e. The van der Waals surface area contributed by atoms with E-state index < -0.39 is 46.8 Å². The second kappa shape index (κ2) is 5.15. The molecule has 1 rings (SSSR count). The van der Waals surface area contributed by atoms with Crippen molar-refractivity contribution < 1.29 is 26.7 Å². The molecule has 0 aliphatic carbocycles. The molecule has 9 heteroatoms. The molecular weight excluding hydrogens is 283 g/mol. The van der Waals surface area contributed by atoms with Crippen molar-refractivity contribution in [3.63, 3.8) is 0 Å². The minimum atomic E-state index is -5.05. The monoisotopic (exact) mass is 288 g/mol. The van der Waals surface area contributed by atoms with Gasteiger partial charge in [0.05, 0.1) is 5.56 Å². The van der Waals surface area contributed by atoms with Crippen molar-refractivity contribution in [2.75, 3.05) is 0 Å². The molecule has 0 aliphatic rings. The number of nitrogens with zero attached hydrogens (tertiary/aromatic N) is 1. The van der Waals surface area contributed by atoms with Gasteiger partial charge in [0.2, 0.25) is 0 Å². The number of nitrogens with two attached hydrogens (primary N) is 1. The largest absolute Gasteiger partial charge is 0.418 e. The van der Waals surface area contributed by atoms with Crippen LogP contribution in [-0.4, -0.2) is 10.2 Å². The van der Waals surface area contributed by atoms with E-state index in [9.17, 15) is 26.7 Å². The molecule has 0 saturated carbocycles. The molecule has 1 aromatic rings. The molecule has 0 bridgehead atoms. The van der Waals surface area contributed by atoms with Gasteiger partial charge < -0.3 is 5.73 Å². The molecule has 0 amide bonds. The molecular formula is C9H6ClF5N2O. The number of aromatic nitrogens is 1. The molecule has 0 saturated heterocycles. The molecule has 0 spiro atoms. The van der Waals surface area contributed by atoms with E-state index in [0.29, 0.717) is 6.20 Å². The Morgan fingerprint density at radius 1 is 1.44 bits per heavy atom. The number of hydrogen-bond acceptors (Lipinski definition) is 3. The molecule has 18 heavy (non-hydrogen) atoms. The molecule has 0 aromatic carbocycles. The Morgan fingerprint density at radius 2 is 2.00 bits per heavy atom. The van der Waals surface area contributed by atoms with Crippen molar-refractivity contribution in [3.8, 4) is 0 Å². The van der Waals surface area contributed by atoms with Gasteiger partial charge in [0.15, 0.2) is 0 Å². The van der Waals surface area contributed by atoms with E-state index in [4.69, 9.17) is 17.3 Å². The minimum Gasteiger partial charge on any atom is -0.326 e. The Kier molecular flexibility index (Phi) is 4.23. The lowest BCUT2D eigenvalue weighted by atomic mass is 10.0. The zero-order valence-corrected chi connectivity index (χ0v) is 9.32. The van der Waals surface area contributed by atoms with Gasteiger partial charge in [-0.15, -0.1) is 0 Å². The minimum absolute atomic E-state index is 0.470. The summed E-state index contributed by atoms with van der Waals surface area (Å²) in [6.07, 6.45) is -7.76. The van der Waals surface area contributed by atoms with Gasteiger partial charge in [-0.2, -0.15) is 13.2 Å². The van der Waals surface area contributed by atoms with Crippen LogP contribution in [0.1, 0.15) is 33.6 Å². The van der Waals surface area contributed by atoms with E-state index in [1.165, 1.54) is 0 Å². The third-order valence-electron chi connectivity index (χ3n) is 2.13. The average Bonchev–Trinajstić information content (AvgIpc) is 2.25. The standard InChI is InChI=1S/C9H6ClF5N2O/c10-7(18)6-5(9(13,14)15)3(1-16)4(2-17-6)8(11)12/h2,8H,1,16H2. The quantitative estimate of drug-likeness (QED) is 0.687. The number of pyridine rings is 1. The number of halogens is 6. The van der Waals surface area contributed by atoms with Crippen LogP contribution < -0.4 is 5.73 Å². The Morgan fingerprint density at radius 3 is 2.33 bits per heavy atom. The first kappa shape index (κ1) is 14.8. The first-order chi connectivity index (χ1) is 8.20. The third-order valence-corrected chi connectivity index (χ3v) is 2.31. The number of alkyl halides is 5. The van der Waals surface area contributed by atoms with Gasteiger partial charge in [-0.1, -0.05) is 0 Å². The second-order valence-corrected chi connectivity index (χ2v) is 3.54. The summed E-state index contributed by atoms with van der Waals surface area (Å²) < 4.78 is 63.3. The van der Waals surface area contributed by atoms with Crippen molar-refractivity contribution >= 4 is 16.8 Å². The summed E-state index contributed by atoms with van der Waals surface area (Å²) in [7, 11) is 0. The average molecular weight is 289 g/mol. The van der Waals surface area contributed by atoms with Crippen LogP contribution in [0, 0.1) is 0 Å². The van der Waals surface area contributed by atoms with Crippen molar-refractivity contribution in [3.05, 3.63) is 28.6 Å². The fourth-order valence-corrected chi connectivity index (χ4v) is 1.57. The van der Waals surface area contributed by atoms with Crippen molar-refractivity contribution in [2.45, 2.75) is 19.1 Å². The zero-order valence-electron chi connectivity index (χ0n) is 8.56. The van der Waals surface area contributed by atoms with Crippen molar-refractivity contribution in [1.29, 1.82) is 0 Å². The summed E-state index contributed by atoms with van der Waals surface area (Å²) in [6.45, 7) is -0.811. The highest BCUT2D eigenvalue weighted by molar-refractivity contribution is 6.67. The Bertz CT molecular complexity index is 475. The summed E-state index contributed by atoms with van der Waals surface area (Å²) in [5.41, 5.74) is 0.456. The summed E-state index contributed by atoms with van der Waals surface area (Å²) in [4.78, 5) is 13.9. The molecule has 0 unspecified atom stereocenters. The lowest BCUT2D eigenvalue weighted by molar-refractivity contribution is -0.138. The highest BCUT2D eigenvalue weighted by Crippen LogP contribution is 2.37. The first-order valence-electron chi connectivity index (χ1n) is 4.47. The van der Waals surface area contributed by atoms with Crippen LogP contribution >= 0.6 is 11.6 Å². The zero-order chi connectivity index (χ0) is 14.1. The molecule has 2 N–H and O–H groups in total. The smallest absolute Gasteiger partial charge is 0.326 e. The highest BCUT2D eigenvalue weighted by atomic mass is 35.5. The summed E-state index contributed by atoms with van der Waals surface area (Å²) in [5.74, 6) is 0. The topological polar surface area (TPSA) is 56.0 Å². The number of carbonyl (C=O) groups excluding carboxylic acids is 1. The van der Waals surface area contributed by atoms with Crippen molar-refractivity contribution in [2.24, 2.45) is 5.73 Å². The highest BCUT2D eigenvalue weighted by Gasteiger charge is 2.40. The van der Waals surface area contributed by atoms with Crippen LogP contribution in [0.5, 0.6) is 0 Å². The molecule has 100 valence electrons. The Hall–Kier alpha value is -1.28. The SMILES string of the molecule is NCc1c(C(F)F)cnc(C(=O)Cl)c1C(F)(F)F. The fourth-order valence-electron chi connectivity index (χ4n) is 1.43. The molecule has 1 aromatic heterocycles. The lowest BCUT2D eigenvalue weighted by Gasteiger charge is -2.17. The summed E-state index contributed by atoms with van der Waals surface area (Å²) >= 11 is 4.95. The predicted octanol–water partition coefficient (Wildman–Crippen LogP) is 2.88. The summed E-state index contributed by atoms with van der Waals surface area (Å²) in [5, 5.41) is -1.49. The molecule has 1 heterocycles. The van der Waals surface area contributed by atoms with E-state index in [2.05, 4.69) is 4.98 Å². The number of hydrogen-bond donors (Lipinski definition) is 1. The van der Waals surface area contributed by atoms with Crippen LogP contribution in [0.25, 0.3) is 0 Å². The van der Waals surface area contributed by atoms with Gasteiger partial charge in [-0.05, 0) is 17.2 Å². The second-order valence-electron chi connectivity index (χ2n) is 3.19. The van der Waals surface area contributed by atoms with Crippen LogP contribution in [-0.2, 0) is 12.7 Å². The van der Waals surface area contributed by atoms with E-state index in [-0.39, 0.29) is 0 Å². The maximum absolute atomic E-state index is 12.7. The van der Waals surface area contributed by atoms with Gasteiger partial charge >= 0.3 is 6.18 Å². The van der Waals surface area contributed by atoms with Gasteiger partial charge in [0.25, 0.3) is 11.7 Å². The van der Waals surface area contributed by atoms with Crippen LogP contribution in [0.2, 0.25) is 0 Å². The Balaban J connectivity index is 3.67. The van der Waals surface area contributed by atoms with Gasteiger partial charge in [0.1, 0.15) is 5.69 Å². The van der Waals surface area contributed by atoms with Gasteiger partial charge in [0, 0.05) is 18.3 Å². The van der Waals surface area contributed by atoms with E-state index in [0.717, 1.165) is 0 Å². The van der Waals surface area contributed by atoms with Gasteiger partial charge in [-0.3, -0.25) is 9.78 Å². The maximum atomic E-state index is 12.7. The van der Waals surface area contributed by atoms with E-state index in [1.807, 2.05) is 0 Å². The summed E-state index contributed by atoms with van der Waals surface area (Å²) in [6, 6.07) is 0. The van der Waals surface area contributed by atoms with Crippen molar-refractivity contribution in [1.82, 2.24) is 4.98 Å². The predicted molar refractivity (Wildman–Crippen MR) is 52.3 cm³/mol. The molecule has 0 atom stereocenters. The van der Waals surface area contributed by atoms with Crippen LogP contribution in [0.15, 0.2) is 6.20 Å². The molecule has 0 radical (unpaired) electrons. The van der Waals surface area contributed by atoms with E-state index >= 15 is 0 Å². The molecule has 0 fully saturated rings. The number of rotatable bonds is 3. The third kappa shape index (κ3) is 2.75. The van der Waals surface area contributed by atoms with Crippen LogP contribution in [0.3, 0.4) is 0 Å². The van der Waals surface area contributed by atoms with Gasteiger partial charge in [-0.25, -0.2) is 8.78 Å². The fraction of sp³-hybridized carbons (Fsp3) is 0.333. The normalized spacial score (nSPS) is 12.0. The molecule has 3 nitrogen and oxygen atoms in total.